The van der Waals surface area contributed by atoms with Gasteiger partial charge < -0.3 is 15.4 Å². The number of hydrogen-bond acceptors (Lipinski definition) is 8. The summed E-state index contributed by atoms with van der Waals surface area (Å²) < 4.78 is 47.1. The number of nitrogens with zero attached hydrogens (tertiary/aromatic N) is 5. The molecule has 34 heavy (non-hydrogen) atoms. The molecule has 9 nitrogen and oxygen atoms in total. The minimum Gasteiger partial charge on any atom is -0.479 e. The Kier molecular flexibility index (Phi) is 5.98. The molecular formula is C22H25F3N8O. The van der Waals surface area contributed by atoms with Crippen LogP contribution < -0.4 is 15.4 Å². The monoisotopic (exact) mass is 474 g/mol. The van der Waals surface area contributed by atoms with Crippen molar-refractivity contribution in [3.8, 4) is 17.0 Å². The fraction of sp³-hybridized carbons (Fsp3) is 0.455. The van der Waals surface area contributed by atoms with Gasteiger partial charge in [0.2, 0.25) is 11.8 Å². The fourth-order valence-corrected chi connectivity index (χ4v) is 4.39. The van der Waals surface area contributed by atoms with E-state index in [1.165, 1.54) is 7.11 Å². The standard InChI is InChI=1S/C22H25F3N8O/c1-34-21-20-14(12-2-5-16(30-26)17(8-12)27-9-19(24)25)6-7-33(20)31-22(29-21)28-18-11-32(10-15(18)23)13-3-4-13/h2,5-8,13,15,18-19,26-27H,3-4,9-11H2,1H3,(H,28,31)/t15-,18+/m1/s1. The van der Waals surface area contributed by atoms with E-state index in [0.717, 1.165) is 12.8 Å². The molecule has 2 fully saturated rings. The van der Waals surface area contributed by atoms with Gasteiger partial charge in [0, 0.05) is 30.9 Å². The molecule has 1 saturated heterocycles. The number of anilines is 2. The number of likely N-dealkylation sites (tertiary alicyclic amines) is 1. The smallest absolute Gasteiger partial charge is 0.255 e. The molecule has 0 bridgehead atoms. The number of halogens is 3. The third-order valence-corrected chi connectivity index (χ3v) is 6.20. The van der Waals surface area contributed by atoms with Crippen molar-refractivity contribution in [2.45, 2.75) is 37.5 Å². The molecule has 2 aromatic heterocycles. The zero-order chi connectivity index (χ0) is 23.8. The summed E-state index contributed by atoms with van der Waals surface area (Å²) in [6.07, 6.45) is 0.423. The molecule has 2 atom stereocenters. The molecule has 0 spiro atoms. The summed E-state index contributed by atoms with van der Waals surface area (Å²) in [4.78, 5) is 6.63. The minimum absolute atomic E-state index is 0.250. The van der Waals surface area contributed by atoms with Crippen molar-refractivity contribution in [2.75, 3.05) is 37.4 Å². The Balaban J connectivity index is 1.45. The van der Waals surface area contributed by atoms with Gasteiger partial charge in [0.15, 0.2) is 0 Å². The largest absolute Gasteiger partial charge is 0.479 e. The van der Waals surface area contributed by atoms with Crippen LogP contribution in [0.3, 0.4) is 0 Å². The molecule has 1 saturated carbocycles. The van der Waals surface area contributed by atoms with Crippen molar-refractivity contribution < 1.29 is 17.9 Å². The van der Waals surface area contributed by atoms with Crippen LogP contribution in [0, 0.1) is 5.53 Å². The van der Waals surface area contributed by atoms with Gasteiger partial charge in [0.25, 0.3) is 6.43 Å². The third kappa shape index (κ3) is 4.37. The van der Waals surface area contributed by atoms with Crippen LogP contribution >= 0.6 is 0 Å². The lowest BCUT2D eigenvalue weighted by molar-refractivity contribution is 0.163. The average molecular weight is 474 g/mol. The van der Waals surface area contributed by atoms with Gasteiger partial charge in [-0.05, 0) is 36.6 Å². The summed E-state index contributed by atoms with van der Waals surface area (Å²) in [5, 5.41) is 13.6. The van der Waals surface area contributed by atoms with E-state index in [0.29, 0.717) is 47.3 Å². The molecule has 1 aliphatic heterocycles. The van der Waals surface area contributed by atoms with Gasteiger partial charge in [0.05, 0.1) is 25.4 Å². The summed E-state index contributed by atoms with van der Waals surface area (Å²) in [6.45, 7) is 0.463. The van der Waals surface area contributed by atoms with Crippen molar-refractivity contribution in [3.63, 3.8) is 0 Å². The number of hydrogen-bond donors (Lipinski definition) is 3. The Labute approximate surface area is 193 Å². The van der Waals surface area contributed by atoms with E-state index >= 15 is 0 Å². The number of alkyl halides is 3. The summed E-state index contributed by atoms with van der Waals surface area (Å²) in [6, 6.07) is 6.86. The number of ether oxygens (including phenoxy) is 1. The molecule has 12 heteroatoms. The van der Waals surface area contributed by atoms with Gasteiger partial charge >= 0.3 is 0 Å². The Morgan fingerprint density at radius 3 is 2.79 bits per heavy atom. The molecule has 5 rings (SSSR count). The quantitative estimate of drug-likeness (QED) is 0.399. The van der Waals surface area contributed by atoms with E-state index in [2.05, 4.69) is 30.7 Å². The van der Waals surface area contributed by atoms with Crippen LogP contribution in [0.25, 0.3) is 16.6 Å². The van der Waals surface area contributed by atoms with Gasteiger partial charge in [-0.3, -0.25) is 4.90 Å². The first-order valence-corrected chi connectivity index (χ1v) is 11.1. The molecule has 3 N–H and O–H groups in total. The highest BCUT2D eigenvalue weighted by Gasteiger charge is 2.40. The number of nitrogens with one attached hydrogen (secondary N) is 3. The second-order valence-electron chi connectivity index (χ2n) is 8.53. The summed E-state index contributed by atoms with van der Waals surface area (Å²) in [5.41, 5.74) is 9.84. The lowest BCUT2D eigenvalue weighted by atomic mass is 10.1. The van der Waals surface area contributed by atoms with Crippen LogP contribution in [0.5, 0.6) is 5.88 Å². The van der Waals surface area contributed by atoms with Crippen LogP contribution in [0.2, 0.25) is 0 Å². The fourth-order valence-electron chi connectivity index (χ4n) is 4.39. The zero-order valence-corrected chi connectivity index (χ0v) is 18.5. The predicted molar refractivity (Wildman–Crippen MR) is 121 cm³/mol. The summed E-state index contributed by atoms with van der Waals surface area (Å²) in [5.74, 6) is 0.556. The Morgan fingerprint density at radius 2 is 2.09 bits per heavy atom. The highest BCUT2D eigenvalue weighted by molar-refractivity contribution is 5.87. The summed E-state index contributed by atoms with van der Waals surface area (Å²) in [7, 11) is 1.49. The normalized spacial score (nSPS) is 20.7. The molecule has 0 radical (unpaired) electrons. The molecule has 3 aromatic rings. The van der Waals surface area contributed by atoms with Gasteiger partial charge in [-0.1, -0.05) is 6.07 Å². The Hall–Kier alpha value is -3.41. The van der Waals surface area contributed by atoms with Crippen molar-refractivity contribution in [1.29, 1.82) is 5.53 Å². The average Bonchev–Trinajstić information content (AvgIpc) is 3.50. The first kappa shape index (κ1) is 22.4. The molecule has 1 aromatic carbocycles. The molecule has 0 unspecified atom stereocenters. The maximum atomic E-state index is 14.6. The molecule has 2 aliphatic rings. The lowest BCUT2D eigenvalue weighted by Crippen LogP contribution is -2.31. The number of rotatable bonds is 9. The highest BCUT2D eigenvalue weighted by Crippen LogP contribution is 2.36. The van der Waals surface area contributed by atoms with Gasteiger partial charge in [-0.15, -0.1) is 5.10 Å². The molecule has 1 aliphatic carbocycles. The maximum absolute atomic E-state index is 14.6. The van der Waals surface area contributed by atoms with Crippen LogP contribution in [0.15, 0.2) is 35.6 Å². The van der Waals surface area contributed by atoms with Crippen molar-refractivity contribution >= 4 is 22.8 Å². The van der Waals surface area contributed by atoms with E-state index in [1.54, 1.807) is 28.9 Å². The topological polar surface area (TPSA) is 103 Å². The number of fused-ring (bicyclic) bond motifs is 1. The van der Waals surface area contributed by atoms with E-state index in [9.17, 15) is 13.2 Å². The van der Waals surface area contributed by atoms with Gasteiger partial charge in [-0.25, -0.2) is 23.2 Å². The van der Waals surface area contributed by atoms with E-state index in [1.807, 2.05) is 6.07 Å². The van der Waals surface area contributed by atoms with Crippen LogP contribution in [0.1, 0.15) is 12.8 Å². The van der Waals surface area contributed by atoms with Gasteiger partial charge in [0.1, 0.15) is 17.4 Å². The van der Waals surface area contributed by atoms with E-state index in [4.69, 9.17) is 10.3 Å². The molecule has 180 valence electrons. The Bertz CT molecular complexity index is 1200. The first-order chi connectivity index (χ1) is 16.5. The second kappa shape index (κ2) is 9.09. The van der Waals surface area contributed by atoms with Crippen molar-refractivity contribution in [3.05, 3.63) is 30.5 Å². The van der Waals surface area contributed by atoms with E-state index in [-0.39, 0.29) is 11.6 Å². The van der Waals surface area contributed by atoms with Crippen LogP contribution in [0.4, 0.5) is 30.5 Å². The Morgan fingerprint density at radius 1 is 1.26 bits per heavy atom. The SMILES string of the molecule is COc1nc(N[C@H]2CN(C3CC3)C[C@H]2F)nn2ccc(-c3ccc(N=N)c(NCC(F)F)c3)c12. The maximum Gasteiger partial charge on any atom is 0.255 e. The lowest BCUT2D eigenvalue weighted by Gasteiger charge is -2.16. The van der Waals surface area contributed by atoms with Crippen molar-refractivity contribution in [2.24, 2.45) is 5.11 Å². The third-order valence-electron chi connectivity index (χ3n) is 6.20. The molecule has 0 amide bonds. The zero-order valence-electron chi connectivity index (χ0n) is 18.5. The molecule has 3 heterocycles. The van der Waals surface area contributed by atoms with Gasteiger partial charge in [-0.2, -0.15) is 10.1 Å². The van der Waals surface area contributed by atoms with E-state index < -0.39 is 25.2 Å². The number of benzene rings is 1. The molecular weight excluding hydrogens is 449 g/mol. The minimum atomic E-state index is -2.54. The summed E-state index contributed by atoms with van der Waals surface area (Å²) >= 11 is 0. The highest BCUT2D eigenvalue weighted by atomic mass is 19.3. The second-order valence-corrected chi connectivity index (χ2v) is 8.53. The number of aromatic nitrogens is 3. The van der Waals surface area contributed by atoms with Crippen LogP contribution in [-0.2, 0) is 0 Å². The predicted octanol–water partition coefficient (Wildman–Crippen LogP) is 4.34. The van der Waals surface area contributed by atoms with Crippen LogP contribution in [-0.4, -0.2) is 70.9 Å². The first-order valence-electron chi connectivity index (χ1n) is 11.1. The number of methoxy groups -OCH3 is 1. The van der Waals surface area contributed by atoms with Crippen molar-refractivity contribution in [1.82, 2.24) is 19.5 Å².